The van der Waals surface area contributed by atoms with E-state index in [0.717, 1.165) is 25.9 Å². The van der Waals surface area contributed by atoms with Crippen LogP contribution in [0.15, 0.2) is 5.10 Å². The maximum absolute atomic E-state index is 5.65. The quantitative estimate of drug-likeness (QED) is 0.282. The molecule has 0 radical (unpaired) electrons. The third-order valence-corrected chi connectivity index (χ3v) is 2.02. The Bertz CT molecular complexity index is 137. The highest BCUT2D eigenvalue weighted by atomic mass is 15.3. The van der Waals surface area contributed by atoms with E-state index >= 15 is 0 Å². The summed E-state index contributed by atoms with van der Waals surface area (Å²) in [6.45, 7) is 6.24. The molecule has 0 aliphatic heterocycles. The summed E-state index contributed by atoms with van der Waals surface area (Å²) in [5.74, 6) is 5.60. The standard InChI is InChI=1S/C9H22N4/c1-3-5-7-13(8-6-4-2)9(10)12-11/h3-8,11H2,1-2H3,(H2,10,12). The van der Waals surface area contributed by atoms with E-state index in [1.807, 2.05) is 4.90 Å². The van der Waals surface area contributed by atoms with Gasteiger partial charge in [-0.1, -0.05) is 26.7 Å². The van der Waals surface area contributed by atoms with Crippen LogP contribution in [0.4, 0.5) is 0 Å². The van der Waals surface area contributed by atoms with Gasteiger partial charge in [-0.05, 0) is 12.8 Å². The van der Waals surface area contributed by atoms with Gasteiger partial charge in [-0.2, -0.15) is 0 Å². The molecule has 0 aliphatic rings. The normalized spacial score (nSPS) is 11.7. The number of nitrogens with two attached hydrogens (primary N) is 2. The Morgan fingerprint density at radius 2 is 1.62 bits per heavy atom. The minimum atomic E-state index is 0.460. The van der Waals surface area contributed by atoms with Crippen molar-refractivity contribution in [3.05, 3.63) is 0 Å². The van der Waals surface area contributed by atoms with E-state index in [0.29, 0.717) is 5.96 Å². The summed E-state index contributed by atoms with van der Waals surface area (Å²) in [6.07, 6.45) is 4.61. The topological polar surface area (TPSA) is 67.6 Å². The molecular weight excluding hydrogens is 164 g/mol. The van der Waals surface area contributed by atoms with Crippen LogP contribution in [0.3, 0.4) is 0 Å². The van der Waals surface area contributed by atoms with E-state index in [9.17, 15) is 0 Å². The average Bonchev–Trinajstić information content (AvgIpc) is 2.17. The fourth-order valence-electron chi connectivity index (χ4n) is 1.12. The molecule has 0 saturated carbocycles. The van der Waals surface area contributed by atoms with Crippen LogP contribution in [-0.4, -0.2) is 23.9 Å². The SMILES string of the molecule is CCCCN(CCCC)/C(N)=N\N. The van der Waals surface area contributed by atoms with Crippen molar-refractivity contribution < 1.29 is 0 Å². The molecule has 4 heteroatoms. The van der Waals surface area contributed by atoms with Crippen LogP contribution in [0.2, 0.25) is 0 Å². The molecule has 4 N–H and O–H groups in total. The Balaban J connectivity index is 3.87. The first-order valence-electron chi connectivity index (χ1n) is 5.04. The highest BCUT2D eigenvalue weighted by molar-refractivity contribution is 5.77. The molecule has 0 heterocycles. The molecule has 0 aliphatic carbocycles. The molecule has 0 saturated heterocycles. The van der Waals surface area contributed by atoms with Gasteiger partial charge in [-0.15, -0.1) is 5.10 Å². The van der Waals surface area contributed by atoms with E-state index in [1.54, 1.807) is 0 Å². The Morgan fingerprint density at radius 1 is 1.15 bits per heavy atom. The third kappa shape index (κ3) is 5.33. The summed E-state index contributed by atoms with van der Waals surface area (Å²) in [4.78, 5) is 2.05. The van der Waals surface area contributed by atoms with E-state index in [2.05, 4.69) is 18.9 Å². The lowest BCUT2D eigenvalue weighted by Crippen LogP contribution is -2.39. The van der Waals surface area contributed by atoms with Crippen molar-refractivity contribution in [2.24, 2.45) is 16.7 Å². The van der Waals surface area contributed by atoms with Crippen LogP contribution < -0.4 is 11.6 Å². The Labute approximate surface area is 81.0 Å². The zero-order valence-corrected chi connectivity index (χ0v) is 8.79. The van der Waals surface area contributed by atoms with Gasteiger partial charge in [0.15, 0.2) is 0 Å². The maximum Gasteiger partial charge on any atom is 0.213 e. The highest BCUT2D eigenvalue weighted by Gasteiger charge is 2.05. The van der Waals surface area contributed by atoms with Crippen molar-refractivity contribution >= 4 is 5.96 Å². The molecule has 0 unspecified atom stereocenters. The van der Waals surface area contributed by atoms with Crippen molar-refractivity contribution in [3.8, 4) is 0 Å². The van der Waals surface area contributed by atoms with Crippen LogP contribution in [0.25, 0.3) is 0 Å². The number of hydrogen-bond acceptors (Lipinski definition) is 2. The van der Waals surface area contributed by atoms with Crippen molar-refractivity contribution in [1.82, 2.24) is 4.90 Å². The van der Waals surface area contributed by atoms with Gasteiger partial charge in [0.2, 0.25) is 5.96 Å². The second-order valence-corrected chi connectivity index (χ2v) is 3.18. The number of hydrazone groups is 1. The molecule has 0 aromatic heterocycles. The Morgan fingerprint density at radius 3 is 1.92 bits per heavy atom. The summed E-state index contributed by atoms with van der Waals surface area (Å²) in [5, 5.41) is 3.51. The van der Waals surface area contributed by atoms with Gasteiger partial charge in [-0.25, -0.2) is 0 Å². The zero-order chi connectivity index (χ0) is 10.1. The Kier molecular flexibility index (Phi) is 7.15. The summed E-state index contributed by atoms with van der Waals surface area (Å²) in [7, 11) is 0. The number of hydrogen-bond donors (Lipinski definition) is 2. The van der Waals surface area contributed by atoms with Crippen molar-refractivity contribution in [3.63, 3.8) is 0 Å². The molecule has 0 amide bonds. The van der Waals surface area contributed by atoms with Crippen LogP contribution in [0.5, 0.6) is 0 Å². The van der Waals surface area contributed by atoms with Gasteiger partial charge in [0, 0.05) is 13.1 Å². The number of rotatable bonds is 6. The molecule has 0 bridgehead atoms. The summed E-state index contributed by atoms with van der Waals surface area (Å²) >= 11 is 0. The van der Waals surface area contributed by atoms with E-state index in [1.165, 1.54) is 12.8 Å². The Hall–Kier alpha value is -0.930. The largest absolute Gasteiger partial charge is 0.368 e. The van der Waals surface area contributed by atoms with E-state index in [4.69, 9.17) is 11.6 Å². The number of nitrogens with zero attached hydrogens (tertiary/aromatic N) is 2. The van der Waals surface area contributed by atoms with Crippen LogP contribution in [0.1, 0.15) is 39.5 Å². The molecular formula is C9H22N4. The fourth-order valence-corrected chi connectivity index (χ4v) is 1.12. The minimum absolute atomic E-state index is 0.460. The van der Waals surface area contributed by atoms with Gasteiger partial charge in [0.1, 0.15) is 0 Å². The van der Waals surface area contributed by atoms with Gasteiger partial charge in [0.25, 0.3) is 0 Å². The predicted molar refractivity (Wildman–Crippen MR) is 57.2 cm³/mol. The second kappa shape index (κ2) is 7.71. The van der Waals surface area contributed by atoms with Gasteiger partial charge >= 0.3 is 0 Å². The lowest BCUT2D eigenvalue weighted by molar-refractivity contribution is 0.393. The fraction of sp³-hybridized carbons (Fsp3) is 0.889. The molecule has 0 fully saturated rings. The molecule has 0 rings (SSSR count). The van der Waals surface area contributed by atoms with E-state index in [-0.39, 0.29) is 0 Å². The smallest absolute Gasteiger partial charge is 0.213 e. The van der Waals surface area contributed by atoms with E-state index < -0.39 is 0 Å². The monoisotopic (exact) mass is 186 g/mol. The van der Waals surface area contributed by atoms with Crippen molar-refractivity contribution in [1.29, 1.82) is 0 Å². The molecule has 13 heavy (non-hydrogen) atoms. The molecule has 0 aromatic carbocycles. The predicted octanol–water partition coefficient (Wildman–Crippen LogP) is 1.08. The first-order valence-corrected chi connectivity index (χ1v) is 5.04. The van der Waals surface area contributed by atoms with Crippen LogP contribution in [0, 0.1) is 0 Å². The first-order chi connectivity index (χ1) is 6.26. The van der Waals surface area contributed by atoms with Gasteiger partial charge < -0.3 is 16.5 Å². The summed E-state index contributed by atoms with van der Waals surface area (Å²) < 4.78 is 0. The lowest BCUT2D eigenvalue weighted by Gasteiger charge is -2.22. The molecule has 0 spiro atoms. The first kappa shape index (κ1) is 12.1. The summed E-state index contributed by atoms with van der Waals surface area (Å²) in [6, 6.07) is 0. The molecule has 0 aromatic rings. The van der Waals surface area contributed by atoms with Gasteiger partial charge in [0.05, 0.1) is 0 Å². The second-order valence-electron chi connectivity index (χ2n) is 3.18. The van der Waals surface area contributed by atoms with Crippen molar-refractivity contribution in [2.75, 3.05) is 13.1 Å². The molecule has 0 atom stereocenters. The zero-order valence-electron chi connectivity index (χ0n) is 8.79. The molecule has 78 valence electrons. The maximum atomic E-state index is 5.65. The lowest BCUT2D eigenvalue weighted by atomic mass is 10.3. The summed E-state index contributed by atoms with van der Waals surface area (Å²) in [5.41, 5.74) is 5.65. The van der Waals surface area contributed by atoms with Crippen LogP contribution >= 0.6 is 0 Å². The number of guanidine groups is 1. The van der Waals surface area contributed by atoms with Gasteiger partial charge in [-0.3, -0.25) is 0 Å². The minimum Gasteiger partial charge on any atom is -0.368 e. The third-order valence-electron chi connectivity index (χ3n) is 2.02. The number of unbranched alkanes of at least 4 members (excludes halogenated alkanes) is 2. The highest BCUT2D eigenvalue weighted by Crippen LogP contribution is 1.98. The van der Waals surface area contributed by atoms with Crippen LogP contribution in [-0.2, 0) is 0 Å². The van der Waals surface area contributed by atoms with Crippen molar-refractivity contribution in [2.45, 2.75) is 39.5 Å². The average molecular weight is 186 g/mol. The molecule has 4 nitrogen and oxygen atoms in total.